The highest BCUT2D eigenvalue weighted by atomic mass is 32.2. The van der Waals surface area contributed by atoms with Crippen LogP contribution in [-0.4, -0.2) is 37.2 Å². The summed E-state index contributed by atoms with van der Waals surface area (Å²) in [5.74, 6) is 0. The third-order valence-electron chi connectivity index (χ3n) is 4.46. The Morgan fingerprint density at radius 2 is 1.79 bits per heavy atom. The Hall–Kier alpha value is -1.12. The van der Waals surface area contributed by atoms with Crippen molar-refractivity contribution in [2.75, 3.05) is 20.1 Å². The van der Waals surface area contributed by atoms with E-state index in [1.807, 2.05) is 0 Å². The molecule has 0 radical (unpaired) electrons. The van der Waals surface area contributed by atoms with Crippen molar-refractivity contribution in [2.45, 2.75) is 39.4 Å². The second kappa shape index (κ2) is 6.65. The quantitative estimate of drug-likeness (QED) is 0.820. The maximum Gasteiger partial charge on any atom is 0.416 e. The van der Waals surface area contributed by atoms with Crippen LogP contribution < -0.4 is 0 Å². The fraction of sp³-hybridized carbons (Fsp3) is 0.625. The minimum absolute atomic E-state index is 0.0911. The van der Waals surface area contributed by atoms with Crippen LogP contribution in [0.4, 0.5) is 13.2 Å². The third-order valence-corrected chi connectivity index (χ3v) is 6.39. The lowest BCUT2D eigenvalue weighted by Gasteiger charge is -2.37. The molecule has 0 bridgehead atoms. The second-order valence-electron chi connectivity index (χ2n) is 7.03. The zero-order valence-corrected chi connectivity index (χ0v) is 14.9. The molecule has 0 atom stereocenters. The molecule has 1 aliphatic rings. The summed E-state index contributed by atoms with van der Waals surface area (Å²) in [5, 5.41) is 0. The summed E-state index contributed by atoms with van der Waals surface area (Å²) in [6, 6.07) is 4.76. The van der Waals surface area contributed by atoms with E-state index in [0.717, 1.165) is 29.3 Å². The van der Waals surface area contributed by atoms with Crippen LogP contribution in [-0.2, 0) is 22.9 Å². The van der Waals surface area contributed by atoms with Crippen LogP contribution in [0.25, 0.3) is 0 Å². The maximum atomic E-state index is 12.8. The molecule has 1 aliphatic heterocycles. The van der Waals surface area contributed by atoms with Gasteiger partial charge in [-0.15, -0.1) is 0 Å². The molecule has 136 valence electrons. The summed E-state index contributed by atoms with van der Waals surface area (Å²) in [7, 11) is -2.28. The number of nitrogens with zero attached hydrogens (tertiary/aromatic N) is 2. The molecule has 4 nitrogen and oxygen atoms in total. The molecule has 2 rings (SSSR count). The summed E-state index contributed by atoms with van der Waals surface area (Å²) >= 11 is 0. The van der Waals surface area contributed by atoms with E-state index in [-0.39, 0.29) is 12.0 Å². The minimum atomic E-state index is -4.44. The monoisotopic (exact) mass is 364 g/mol. The molecule has 0 spiro atoms. The van der Waals surface area contributed by atoms with Crippen molar-refractivity contribution in [3.8, 4) is 0 Å². The second-order valence-corrected chi connectivity index (χ2v) is 9.06. The molecular weight excluding hydrogens is 341 g/mol. The van der Waals surface area contributed by atoms with Gasteiger partial charge in [-0.1, -0.05) is 32.0 Å². The average Bonchev–Trinajstić information content (AvgIpc) is 2.46. The van der Waals surface area contributed by atoms with Gasteiger partial charge in [0.25, 0.3) is 10.2 Å². The normalized spacial score (nSPS) is 19.6. The van der Waals surface area contributed by atoms with Gasteiger partial charge >= 0.3 is 6.18 Å². The Morgan fingerprint density at radius 3 is 2.33 bits per heavy atom. The number of hydrogen-bond acceptors (Lipinski definition) is 2. The summed E-state index contributed by atoms with van der Waals surface area (Å²) in [6.45, 7) is 4.98. The van der Waals surface area contributed by atoms with Crippen LogP contribution in [0.15, 0.2) is 24.3 Å². The number of alkyl halides is 3. The molecular formula is C16H23F3N2O2S. The van der Waals surface area contributed by atoms with Crippen molar-refractivity contribution in [1.82, 2.24) is 8.61 Å². The highest BCUT2D eigenvalue weighted by molar-refractivity contribution is 7.86. The Morgan fingerprint density at radius 1 is 1.21 bits per heavy atom. The van der Waals surface area contributed by atoms with Crippen LogP contribution in [0.3, 0.4) is 0 Å². The van der Waals surface area contributed by atoms with Gasteiger partial charge in [0.1, 0.15) is 0 Å². The number of halogens is 3. The predicted molar refractivity (Wildman–Crippen MR) is 86.4 cm³/mol. The van der Waals surface area contributed by atoms with Crippen molar-refractivity contribution < 1.29 is 21.6 Å². The van der Waals surface area contributed by atoms with Crippen molar-refractivity contribution in [1.29, 1.82) is 0 Å². The molecule has 0 amide bonds. The Kier molecular flexibility index (Phi) is 5.32. The predicted octanol–water partition coefficient (Wildman–Crippen LogP) is 3.50. The molecule has 1 heterocycles. The first-order valence-electron chi connectivity index (χ1n) is 7.79. The number of piperidine rings is 1. The third kappa shape index (κ3) is 4.49. The van der Waals surface area contributed by atoms with Gasteiger partial charge in [-0.2, -0.15) is 30.2 Å². The summed E-state index contributed by atoms with van der Waals surface area (Å²) in [6.07, 6.45) is -2.90. The highest BCUT2D eigenvalue weighted by Crippen LogP contribution is 2.32. The standard InChI is InChI=1S/C16H23F3N2O2S/c1-15(2)7-9-21(10-8-15)24(22,23)20(3)12-13-5-4-6-14(11-13)16(17,18)19/h4-6,11H,7-10,12H2,1-3H3. The molecule has 0 saturated carbocycles. The highest BCUT2D eigenvalue weighted by Gasteiger charge is 2.34. The van der Waals surface area contributed by atoms with Crippen LogP contribution in [0, 0.1) is 5.41 Å². The lowest BCUT2D eigenvalue weighted by Crippen LogP contribution is -2.46. The van der Waals surface area contributed by atoms with Gasteiger partial charge < -0.3 is 0 Å². The van der Waals surface area contributed by atoms with Gasteiger partial charge in [0.05, 0.1) is 5.56 Å². The molecule has 0 aliphatic carbocycles. The van der Waals surface area contributed by atoms with E-state index in [1.54, 1.807) is 0 Å². The van der Waals surface area contributed by atoms with E-state index in [2.05, 4.69) is 13.8 Å². The van der Waals surface area contributed by atoms with Gasteiger partial charge in [0.2, 0.25) is 0 Å². The van der Waals surface area contributed by atoms with E-state index in [4.69, 9.17) is 0 Å². The van der Waals surface area contributed by atoms with Gasteiger partial charge in [-0.05, 0) is 29.9 Å². The zero-order valence-electron chi connectivity index (χ0n) is 14.1. The Bertz CT molecular complexity index is 677. The Labute approximate surface area is 141 Å². The van der Waals surface area contributed by atoms with Crippen LogP contribution in [0.1, 0.15) is 37.8 Å². The van der Waals surface area contributed by atoms with Crippen molar-refractivity contribution in [3.63, 3.8) is 0 Å². The lowest BCUT2D eigenvalue weighted by atomic mass is 9.83. The lowest BCUT2D eigenvalue weighted by molar-refractivity contribution is -0.137. The number of rotatable bonds is 4. The van der Waals surface area contributed by atoms with Gasteiger partial charge in [0.15, 0.2) is 0 Å². The molecule has 0 N–H and O–H groups in total. The van der Waals surface area contributed by atoms with E-state index in [1.165, 1.54) is 23.5 Å². The number of benzene rings is 1. The molecule has 1 saturated heterocycles. The van der Waals surface area contributed by atoms with Crippen molar-refractivity contribution in [2.24, 2.45) is 5.41 Å². The van der Waals surface area contributed by atoms with Gasteiger partial charge in [-0.25, -0.2) is 0 Å². The smallest absolute Gasteiger partial charge is 0.195 e. The van der Waals surface area contributed by atoms with Crippen LogP contribution in [0.2, 0.25) is 0 Å². The van der Waals surface area contributed by atoms with E-state index in [0.29, 0.717) is 18.7 Å². The fourth-order valence-electron chi connectivity index (χ4n) is 2.70. The largest absolute Gasteiger partial charge is 0.416 e. The molecule has 24 heavy (non-hydrogen) atoms. The van der Waals surface area contributed by atoms with Gasteiger partial charge in [-0.3, -0.25) is 0 Å². The zero-order chi connectivity index (χ0) is 18.2. The molecule has 1 aromatic rings. The first-order chi connectivity index (χ1) is 10.9. The molecule has 0 unspecified atom stereocenters. The van der Waals surface area contributed by atoms with Crippen LogP contribution in [0.5, 0.6) is 0 Å². The number of hydrogen-bond donors (Lipinski definition) is 0. The molecule has 8 heteroatoms. The van der Waals surface area contributed by atoms with Gasteiger partial charge in [0, 0.05) is 26.7 Å². The maximum absolute atomic E-state index is 12.8. The summed E-state index contributed by atoms with van der Waals surface area (Å²) in [5.41, 5.74) is -0.343. The first kappa shape index (κ1) is 19.2. The van der Waals surface area contributed by atoms with Crippen LogP contribution >= 0.6 is 0 Å². The topological polar surface area (TPSA) is 40.6 Å². The minimum Gasteiger partial charge on any atom is -0.195 e. The van der Waals surface area contributed by atoms with E-state index < -0.39 is 21.9 Å². The molecule has 0 aromatic heterocycles. The summed E-state index contributed by atoms with van der Waals surface area (Å²) < 4.78 is 66.0. The molecule has 1 fully saturated rings. The average molecular weight is 364 g/mol. The van der Waals surface area contributed by atoms with Crippen molar-refractivity contribution in [3.05, 3.63) is 35.4 Å². The Balaban J connectivity index is 2.10. The van der Waals surface area contributed by atoms with Crippen molar-refractivity contribution >= 4 is 10.2 Å². The summed E-state index contributed by atoms with van der Waals surface area (Å²) in [4.78, 5) is 0. The van der Waals surface area contributed by atoms with E-state index >= 15 is 0 Å². The first-order valence-corrected chi connectivity index (χ1v) is 9.19. The SMILES string of the molecule is CN(Cc1cccc(C(F)(F)F)c1)S(=O)(=O)N1CCC(C)(C)CC1. The molecule has 1 aromatic carbocycles. The fourth-order valence-corrected chi connectivity index (χ4v) is 4.05. The van der Waals surface area contributed by atoms with E-state index in [9.17, 15) is 21.6 Å².